The molecule has 3 rings (SSSR count). The summed E-state index contributed by atoms with van der Waals surface area (Å²) >= 11 is 29.2. The fourth-order valence-electron chi connectivity index (χ4n) is 2.38. The zero-order chi connectivity index (χ0) is 21.0. The minimum absolute atomic E-state index is 0.101. The summed E-state index contributed by atoms with van der Waals surface area (Å²) in [7, 11) is 0. The van der Waals surface area contributed by atoms with Gasteiger partial charge in [0.1, 0.15) is 11.5 Å². The highest BCUT2D eigenvalue weighted by atomic mass is 35.5. The Morgan fingerprint density at radius 1 is 1.00 bits per heavy atom. The van der Waals surface area contributed by atoms with Crippen molar-refractivity contribution in [1.29, 1.82) is 0 Å². The summed E-state index contributed by atoms with van der Waals surface area (Å²) in [6.07, 6.45) is 2.80. The van der Waals surface area contributed by atoms with E-state index in [2.05, 4.69) is 10.6 Å². The molecule has 1 heterocycles. The Labute approximate surface area is 192 Å². The van der Waals surface area contributed by atoms with E-state index in [-0.39, 0.29) is 5.11 Å². The lowest BCUT2D eigenvalue weighted by Gasteiger charge is -2.08. The van der Waals surface area contributed by atoms with Crippen molar-refractivity contribution < 1.29 is 9.21 Å². The van der Waals surface area contributed by atoms with Gasteiger partial charge < -0.3 is 9.73 Å². The van der Waals surface area contributed by atoms with Gasteiger partial charge in [-0.15, -0.1) is 0 Å². The predicted molar refractivity (Wildman–Crippen MR) is 124 cm³/mol. The fourth-order valence-corrected chi connectivity index (χ4v) is 3.52. The number of nitrogens with one attached hydrogen (secondary N) is 2. The lowest BCUT2D eigenvalue weighted by atomic mass is 10.2. The summed E-state index contributed by atoms with van der Waals surface area (Å²) < 4.78 is 5.70. The average Bonchev–Trinajstić information content (AvgIpc) is 3.10. The van der Waals surface area contributed by atoms with Crippen molar-refractivity contribution in [2.45, 2.75) is 0 Å². The van der Waals surface area contributed by atoms with Crippen LogP contribution in [-0.4, -0.2) is 11.0 Å². The van der Waals surface area contributed by atoms with Gasteiger partial charge in [-0.3, -0.25) is 10.1 Å². The molecule has 0 atom stereocenters. The second kappa shape index (κ2) is 9.65. The van der Waals surface area contributed by atoms with Gasteiger partial charge in [-0.25, -0.2) is 0 Å². The first-order valence-corrected chi connectivity index (χ1v) is 10.0. The quantitative estimate of drug-likeness (QED) is 0.306. The van der Waals surface area contributed by atoms with Crippen molar-refractivity contribution in [3.05, 3.63) is 80.5 Å². The molecular formula is C20H12Cl4N2O2S. The monoisotopic (exact) mass is 484 g/mol. The Morgan fingerprint density at radius 2 is 1.72 bits per heavy atom. The Hall–Kier alpha value is -2.02. The lowest BCUT2D eigenvalue weighted by Crippen LogP contribution is -2.32. The molecule has 29 heavy (non-hydrogen) atoms. The van der Waals surface area contributed by atoms with Crippen molar-refractivity contribution in [3.63, 3.8) is 0 Å². The first kappa shape index (κ1) is 21.7. The van der Waals surface area contributed by atoms with E-state index in [1.54, 1.807) is 48.5 Å². The Balaban J connectivity index is 1.61. The number of hydrogen-bond acceptors (Lipinski definition) is 3. The Morgan fingerprint density at radius 3 is 2.45 bits per heavy atom. The number of amides is 1. The normalized spacial score (nSPS) is 10.9. The molecule has 2 aromatic carbocycles. The molecule has 0 radical (unpaired) electrons. The first-order chi connectivity index (χ1) is 13.8. The van der Waals surface area contributed by atoms with Gasteiger partial charge in [0.2, 0.25) is 5.91 Å². The summed E-state index contributed by atoms with van der Waals surface area (Å²) in [6.45, 7) is 0. The first-order valence-electron chi connectivity index (χ1n) is 8.12. The number of thiocarbonyl (C=S) groups is 1. The van der Waals surface area contributed by atoms with Crippen LogP contribution in [0.1, 0.15) is 5.76 Å². The van der Waals surface area contributed by atoms with Gasteiger partial charge in [-0.05, 0) is 60.8 Å². The van der Waals surface area contributed by atoms with Crippen LogP contribution in [-0.2, 0) is 4.79 Å². The van der Waals surface area contributed by atoms with Crippen molar-refractivity contribution in [2.24, 2.45) is 0 Å². The summed E-state index contributed by atoms with van der Waals surface area (Å²) in [5.41, 5.74) is 1.22. The zero-order valence-corrected chi connectivity index (χ0v) is 18.4. The van der Waals surface area contributed by atoms with E-state index < -0.39 is 5.91 Å². The molecule has 148 valence electrons. The van der Waals surface area contributed by atoms with Crippen molar-refractivity contribution >= 4 is 81.4 Å². The third-order valence-electron chi connectivity index (χ3n) is 3.60. The molecule has 0 aliphatic heterocycles. The standard InChI is InChI=1S/C20H12Cl4N2O2S/c21-11-8-12(22)10-13(9-11)25-20(29)26-18(27)7-5-14-4-6-17(28-14)15-2-1-3-16(23)19(15)24/h1-10H,(H2,25,26,27,29). The molecule has 0 fully saturated rings. The predicted octanol–water partition coefficient (Wildman–Crippen LogP) is 7.09. The topological polar surface area (TPSA) is 54.3 Å². The van der Waals surface area contributed by atoms with Crippen LogP contribution in [0.4, 0.5) is 5.69 Å². The van der Waals surface area contributed by atoms with Crippen LogP contribution < -0.4 is 10.6 Å². The van der Waals surface area contributed by atoms with Gasteiger partial charge in [0.15, 0.2) is 5.11 Å². The second-order valence-electron chi connectivity index (χ2n) is 5.74. The van der Waals surface area contributed by atoms with E-state index in [4.69, 9.17) is 63.0 Å². The van der Waals surface area contributed by atoms with Crippen molar-refractivity contribution in [3.8, 4) is 11.3 Å². The number of carbonyl (C=O) groups excluding carboxylic acids is 1. The molecule has 3 aromatic rings. The maximum Gasteiger partial charge on any atom is 0.250 e. The SMILES string of the molecule is O=C(C=Cc1ccc(-c2cccc(Cl)c2Cl)o1)NC(=S)Nc1cc(Cl)cc(Cl)c1. The number of rotatable bonds is 4. The molecule has 0 saturated carbocycles. The molecule has 1 amide bonds. The van der Waals surface area contributed by atoms with Gasteiger partial charge in [-0.1, -0.05) is 52.5 Å². The van der Waals surface area contributed by atoms with Crippen LogP contribution in [0.15, 0.2) is 59.0 Å². The highest BCUT2D eigenvalue weighted by Gasteiger charge is 2.10. The summed E-state index contributed by atoms with van der Waals surface area (Å²) in [4.78, 5) is 12.1. The van der Waals surface area contributed by atoms with E-state index in [0.717, 1.165) is 0 Å². The average molecular weight is 486 g/mol. The minimum atomic E-state index is -0.436. The summed E-state index contributed by atoms with van der Waals surface area (Å²) in [5, 5.41) is 7.18. The van der Waals surface area contributed by atoms with Crippen LogP contribution in [0, 0.1) is 0 Å². The smallest absolute Gasteiger partial charge is 0.250 e. The van der Waals surface area contributed by atoms with Crippen molar-refractivity contribution in [1.82, 2.24) is 5.32 Å². The van der Waals surface area contributed by atoms with Gasteiger partial charge in [0.25, 0.3) is 0 Å². The molecule has 0 aliphatic carbocycles. The van der Waals surface area contributed by atoms with Crippen LogP contribution in [0.3, 0.4) is 0 Å². The third-order valence-corrected chi connectivity index (χ3v) is 5.06. The largest absolute Gasteiger partial charge is 0.457 e. The number of anilines is 1. The molecule has 1 aromatic heterocycles. The van der Waals surface area contributed by atoms with Crippen LogP contribution in [0.5, 0.6) is 0 Å². The van der Waals surface area contributed by atoms with Crippen LogP contribution in [0.25, 0.3) is 17.4 Å². The molecule has 0 unspecified atom stereocenters. The van der Waals surface area contributed by atoms with Crippen LogP contribution >= 0.6 is 58.6 Å². The molecule has 0 spiro atoms. The summed E-state index contributed by atoms with van der Waals surface area (Å²) in [5.74, 6) is 0.564. The fraction of sp³-hybridized carbons (Fsp3) is 0. The van der Waals surface area contributed by atoms with E-state index in [0.29, 0.717) is 42.9 Å². The van der Waals surface area contributed by atoms with Gasteiger partial charge in [0.05, 0.1) is 10.0 Å². The van der Waals surface area contributed by atoms with Crippen LogP contribution in [0.2, 0.25) is 20.1 Å². The van der Waals surface area contributed by atoms with Crippen molar-refractivity contribution in [2.75, 3.05) is 5.32 Å². The summed E-state index contributed by atoms with van der Waals surface area (Å²) in [6, 6.07) is 13.6. The molecule has 2 N–H and O–H groups in total. The molecular weight excluding hydrogens is 474 g/mol. The van der Waals surface area contributed by atoms with Gasteiger partial charge in [-0.2, -0.15) is 0 Å². The Kier molecular flexibility index (Phi) is 7.22. The highest BCUT2D eigenvalue weighted by molar-refractivity contribution is 7.80. The highest BCUT2D eigenvalue weighted by Crippen LogP contribution is 2.34. The Bertz CT molecular complexity index is 1090. The zero-order valence-electron chi connectivity index (χ0n) is 14.5. The molecule has 0 aliphatic rings. The lowest BCUT2D eigenvalue weighted by molar-refractivity contribution is -0.115. The van der Waals surface area contributed by atoms with E-state index in [1.807, 2.05) is 0 Å². The van der Waals surface area contributed by atoms with E-state index in [9.17, 15) is 4.79 Å². The molecule has 4 nitrogen and oxygen atoms in total. The third kappa shape index (κ3) is 5.98. The van der Waals surface area contributed by atoms with E-state index in [1.165, 1.54) is 12.2 Å². The maximum absolute atomic E-state index is 12.1. The number of benzene rings is 2. The van der Waals surface area contributed by atoms with Gasteiger partial charge in [0, 0.05) is 27.4 Å². The molecule has 9 heteroatoms. The number of carbonyl (C=O) groups is 1. The number of halogens is 4. The number of hydrogen-bond donors (Lipinski definition) is 2. The minimum Gasteiger partial charge on any atom is -0.457 e. The van der Waals surface area contributed by atoms with Gasteiger partial charge >= 0.3 is 0 Å². The number of furan rings is 1. The molecule has 0 saturated heterocycles. The van der Waals surface area contributed by atoms with E-state index >= 15 is 0 Å². The second-order valence-corrected chi connectivity index (χ2v) is 7.80. The maximum atomic E-state index is 12.1. The molecule has 0 bridgehead atoms.